The topological polar surface area (TPSA) is 24.0 Å². The number of hydrogen-bond donors (Lipinski definition) is 1. The Balaban J connectivity index is 1.81. The summed E-state index contributed by atoms with van der Waals surface area (Å²) in [4.78, 5) is 5.45. The van der Waals surface area contributed by atoms with Crippen LogP contribution in [0, 0.1) is 10.6 Å². The van der Waals surface area contributed by atoms with Crippen molar-refractivity contribution in [3.63, 3.8) is 0 Å². The van der Waals surface area contributed by atoms with Crippen LogP contribution in [-0.4, -0.2) is 34.1 Å². The molecule has 114 valence electrons. The Kier molecular flexibility index (Phi) is 4.33. The van der Waals surface area contributed by atoms with Crippen molar-refractivity contribution in [1.29, 1.82) is 0 Å². The number of imidazole rings is 1. The molecule has 0 unspecified atom stereocenters. The van der Waals surface area contributed by atoms with Crippen molar-refractivity contribution < 1.29 is 4.39 Å². The van der Waals surface area contributed by atoms with Crippen molar-refractivity contribution >= 4 is 34.9 Å². The van der Waals surface area contributed by atoms with Crippen LogP contribution in [0.25, 0.3) is 11.0 Å². The van der Waals surface area contributed by atoms with Crippen LogP contribution in [-0.2, 0) is 6.54 Å². The van der Waals surface area contributed by atoms with Crippen molar-refractivity contribution in [3.8, 4) is 0 Å². The molecule has 1 aromatic carbocycles. The van der Waals surface area contributed by atoms with Crippen molar-refractivity contribution in [1.82, 2.24) is 14.5 Å². The van der Waals surface area contributed by atoms with Gasteiger partial charge in [-0.15, -0.1) is 0 Å². The lowest BCUT2D eigenvalue weighted by atomic mass is 10.2. The first kappa shape index (κ1) is 15.0. The van der Waals surface area contributed by atoms with E-state index in [2.05, 4.69) is 16.9 Å². The van der Waals surface area contributed by atoms with Crippen LogP contribution in [0.1, 0.15) is 25.7 Å². The number of aromatic nitrogens is 2. The van der Waals surface area contributed by atoms with E-state index in [0.717, 1.165) is 18.6 Å². The highest BCUT2D eigenvalue weighted by Crippen LogP contribution is 2.24. The Hall–Kier alpha value is -0.910. The fraction of sp³-hybridized carbons (Fsp3) is 0.533. The number of aromatic amines is 1. The van der Waals surface area contributed by atoms with Crippen LogP contribution in [0.3, 0.4) is 0 Å². The molecule has 1 heterocycles. The molecule has 0 bridgehead atoms. The predicted octanol–water partition coefficient (Wildman–Crippen LogP) is 4.37. The maximum Gasteiger partial charge on any atom is 0.178 e. The normalized spacial score (nSPS) is 16.4. The molecule has 21 heavy (non-hydrogen) atoms. The van der Waals surface area contributed by atoms with E-state index >= 15 is 0 Å². The Morgan fingerprint density at radius 1 is 1.43 bits per heavy atom. The highest BCUT2D eigenvalue weighted by Gasteiger charge is 2.19. The molecule has 1 aliphatic carbocycles. The van der Waals surface area contributed by atoms with Crippen molar-refractivity contribution in [2.24, 2.45) is 0 Å². The highest BCUT2D eigenvalue weighted by atomic mass is 35.5. The van der Waals surface area contributed by atoms with E-state index in [-0.39, 0.29) is 5.02 Å². The number of hydrogen-bond acceptors (Lipinski definition) is 2. The number of nitrogens with zero attached hydrogens (tertiary/aromatic N) is 2. The number of rotatable bonds is 4. The molecule has 0 saturated heterocycles. The molecule has 0 aliphatic heterocycles. The summed E-state index contributed by atoms with van der Waals surface area (Å²) in [5.41, 5.74) is 1.57. The SMILES string of the molecule is CN(CCn1c(=S)[nH]c2cc(F)c(Cl)cc21)C1CCCC1. The van der Waals surface area contributed by atoms with Gasteiger partial charge in [-0.25, -0.2) is 4.39 Å². The van der Waals surface area contributed by atoms with Crippen LogP contribution in [0.5, 0.6) is 0 Å². The summed E-state index contributed by atoms with van der Waals surface area (Å²) in [6, 6.07) is 3.74. The Labute approximate surface area is 133 Å². The second-order valence-electron chi connectivity index (χ2n) is 5.78. The zero-order valence-electron chi connectivity index (χ0n) is 12.0. The van der Waals surface area contributed by atoms with E-state index in [4.69, 9.17) is 23.8 Å². The molecule has 0 radical (unpaired) electrons. The molecule has 1 aromatic heterocycles. The van der Waals surface area contributed by atoms with Gasteiger partial charge in [0, 0.05) is 25.2 Å². The molecule has 3 rings (SSSR count). The Morgan fingerprint density at radius 2 is 2.14 bits per heavy atom. The third-order valence-corrected chi connectivity index (χ3v) is 5.05. The minimum absolute atomic E-state index is 0.134. The fourth-order valence-corrected chi connectivity index (χ4v) is 3.62. The largest absolute Gasteiger partial charge is 0.330 e. The highest BCUT2D eigenvalue weighted by molar-refractivity contribution is 7.71. The smallest absolute Gasteiger partial charge is 0.178 e. The van der Waals surface area contributed by atoms with Gasteiger partial charge in [0.2, 0.25) is 0 Å². The van der Waals surface area contributed by atoms with Gasteiger partial charge in [0.1, 0.15) is 5.82 Å². The second kappa shape index (κ2) is 6.07. The van der Waals surface area contributed by atoms with Gasteiger partial charge >= 0.3 is 0 Å². The van der Waals surface area contributed by atoms with Crippen LogP contribution in [0.4, 0.5) is 4.39 Å². The fourth-order valence-electron chi connectivity index (χ4n) is 3.16. The van der Waals surface area contributed by atoms with E-state index < -0.39 is 5.82 Å². The molecule has 1 N–H and O–H groups in total. The van der Waals surface area contributed by atoms with E-state index in [0.29, 0.717) is 16.3 Å². The average Bonchev–Trinajstić information content (AvgIpc) is 3.06. The minimum Gasteiger partial charge on any atom is -0.330 e. The van der Waals surface area contributed by atoms with Gasteiger partial charge < -0.3 is 14.5 Å². The third kappa shape index (κ3) is 3.00. The summed E-state index contributed by atoms with van der Waals surface area (Å²) >= 11 is 11.2. The van der Waals surface area contributed by atoms with E-state index in [1.807, 2.05) is 4.57 Å². The van der Waals surface area contributed by atoms with Gasteiger partial charge in [0.25, 0.3) is 0 Å². The maximum atomic E-state index is 13.5. The molecule has 1 fully saturated rings. The van der Waals surface area contributed by atoms with Gasteiger partial charge in [-0.2, -0.15) is 0 Å². The number of fused-ring (bicyclic) bond motifs is 1. The zero-order valence-corrected chi connectivity index (χ0v) is 13.6. The third-order valence-electron chi connectivity index (χ3n) is 4.44. The molecule has 1 aliphatic rings. The first-order chi connectivity index (χ1) is 10.1. The number of halogens is 2. The van der Waals surface area contributed by atoms with Gasteiger partial charge in [0.15, 0.2) is 4.77 Å². The lowest BCUT2D eigenvalue weighted by Gasteiger charge is -2.24. The average molecular weight is 328 g/mol. The van der Waals surface area contributed by atoms with Crippen molar-refractivity contribution in [2.45, 2.75) is 38.3 Å². The summed E-state index contributed by atoms with van der Waals surface area (Å²) in [6.07, 6.45) is 5.23. The molecule has 6 heteroatoms. The predicted molar refractivity (Wildman–Crippen MR) is 87.0 cm³/mol. The summed E-state index contributed by atoms with van der Waals surface area (Å²) in [5.74, 6) is -0.421. The van der Waals surface area contributed by atoms with Gasteiger partial charge in [0.05, 0.1) is 16.1 Å². The molecule has 1 saturated carbocycles. The van der Waals surface area contributed by atoms with Gasteiger partial charge in [-0.1, -0.05) is 24.4 Å². The van der Waals surface area contributed by atoms with Gasteiger partial charge in [-0.3, -0.25) is 0 Å². The number of benzene rings is 1. The summed E-state index contributed by atoms with van der Waals surface area (Å²) in [5, 5.41) is 0.134. The second-order valence-corrected chi connectivity index (χ2v) is 6.58. The standard InChI is InChI=1S/C15H19ClFN3S/c1-19(10-4-2-3-5-10)6-7-20-14-8-11(16)12(17)9-13(14)18-15(20)21/h8-10H,2-7H2,1H3,(H,18,21). The lowest BCUT2D eigenvalue weighted by Crippen LogP contribution is -2.32. The lowest BCUT2D eigenvalue weighted by molar-refractivity contribution is 0.237. The summed E-state index contributed by atoms with van der Waals surface area (Å²) in [6.45, 7) is 1.72. The molecule has 0 spiro atoms. The van der Waals surface area contributed by atoms with Crippen LogP contribution >= 0.6 is 23.8 Å². The molecule has 0 amide bonds. The summed E-state index contributed by atoms with van der Waals surface area (Å²) in [7, 11) is 2.17. The van der Waals surface area contributed by atoms with Crippen LogP contribution in [0.2, 0.25) is 5.02 Å². The van der Waals surface area contributed by atoms with Gasteiger partial charge in [-0.05, 0) is 38.2 Å². The molecular weight excluding hydrogens is 309 g/mol. The number of likely N-dealkylation sites (N-methyl/N-ethyl adjacent to an activating group) is 1. The number of nitrogens with one attached hydrogen (secondary N) is 1. The molecular formula is C15H19ClFN3S. The minimum atomic E-state index is -0.421. The summed E-state index contributed by atoms with van der Waals surface area (Å²) < 4.78 is 16.1. The monoisotopic (exact) mass is 327 g/mol. The maximum absolute atomic E-state index is 13.5. The van der Waals surface area contributed by atoms with Crippen LogP contribution in [0.15, 0.2) is 12.1 Å². The first-order valence-electron chi connectivity index (χ1n) is 7.34. The quantitative estimate of drug-likeness (QED) is 0.843. The van der Waals surface area contributed by atoms with E-state index in [1.165, 1.54) is 31.7 Å². The first-order valence-corrected chi connectivity index (χ1v) is 8.12. The van der Waals surface area contributed by atoms with E-state index in [9.17, 15) is 4.39 Å². The zero-order chi connectivity index (χ0) is 15.0. The van der Waals surface area contributed by atoms with Crippen molar-refractivity contribution in [3.05, 3.63) is 27.7 Å². The molecule has 0 atom stereocenters. The van der Waals surface area contributed by atoms with Crippen LogP contribution < -0.4 is 0 Å². The Morgan fingerprint density at radius 3 is 2.86 bits per heavy atom. The van der Waals surface area contributed by atoms with E-state index in [1.54, 1.807) is 6.07 Å². The molecule has 2 aromatic rings. The number of H-pyrrole nitrogens is 1. The molecule has 3 nitrogen and oxygen atoms in total. The van der Waals surface area contributed by atoms with Crippen molar-refractivity contribution in [2.75, 3.05) is 13.6 Å². The Bertz CT molecular complexity index is 703.